The zero-order chi connectivity index (χ0) is 12.4. The molecule has 0 spiro atoms. The van der Waals surface area contributed by atoms with Crippen LogP contribution in [0, 0.1) is 0 Å². The van der Waals surface area contributed by atoms with E-state index in [0.717, 1.165) is 27.7 Å². The van der Waals surface area contributed by atoms with E-state index in [0.29, 0.717) is 13.0 Å². The highest BCUT2D eigenvalue weighted by atomic mass is 79.9. The highest BCUT2D eigenvalue weighted by Crippen LogP contribution is 2.33. The molecule has 1 amide bonds. The van der Waals surface area contributed by atoms with Gasteiger partial charge in [0.25, 0.3) is 0 Å². The van der Waals surface area contributed by atoms with Crippen molar-refractivity contribution >= 4 is 27.5 Å². The van der Waals surface area contributed by atoms with Crippen LogP contribution in [0.2, 0.25) is 0 Å². The first-order chi connectivity index (χ1) is 8.11. The zero-order valence-electron chi connectivity index (χ0n) is 9.63. The van der Waals surface area contributed by atoms with E-state index in [1.165, 1.54) is 0 Å². The number of carbonyl (C=O) groups excluding carboxylic acids is 1. The first-order valence-electron chi connectivity index (χ1n) is 5.48. The van der Waals surface area contributed by atoms with E-state index in [-0.39, 0.29) is 11.9 Å². The van der Waals surface area contributed by atoms with Gasteiger partial charge in [-0.2, -0.15) is 0 Å². The molecule has 0 saturated carbocycles. The van der Waals surface area contributed by atoms with Crippen LogP contribution in [0.25, 0.3) is 0 Å². The molecule has 3 N–H and O–H groups in total. The average molecular weight is 299 g/mol. The fourth-order valence-corrected chi connectivity index (χ4v) is 2.57. The Morgan fingerprint density at radius 2 is 2.29 bits per heavy atom. The van der Waals surface area contributed by atoms with Crippen molar-refractivity contribution in [2.45, 2.75) is 18.9 Å². The number of nitrogens with two attached hydrogens (primary N) is 1. The molecule has 0 radical (unpaired) electrons. The third kappa shape index (κ3) is 2.68. The molecule has 0 aromatic heterocycles. The smallest absolute Gasteiger partial charge is 0.224 e. The number of hydrogen-bond donors (Lipinski definition) is 2. The number of amides is 1. The third-order valence-electron chi connectivity index (χ3n) is 2.85. The number of fused-ring (bicyclic) bond motifs is 1. The van der Waals surface area contributed by atoms with E-state index in [2.05, 4.69) is 21.2 Å². The van der Waals surface area contributed by atoms with Crippen molar-refractivity contribution in [3.8, 4) is 0 Å². The Kier molecular flexibility index (Phi) is 3.81. The first-order valence-corrected chi connectivity index (χ1v) is 6.28. The van der Waals surface area contributed by atoms with Gasteiger partial charge in [-0.05, 0) is 29.7 Å². The normalized spacial score (nSPS) is 16.3. The van der Waals surface area contributed by atoms with Gasteiger partial charge in [-0.3, -0.25) is 4.79 Å². The Balaban J connectivity index is 2.43. The van der Waals surface area contributed by atoms with Gasteiger partial charge in [-0.25, -0.2) is 0 Å². The van der Waals surface area contributed by atoms with Crippen molar-refractivity contribution in [2.75, 3.05) is 19.0 Å². The van der Waals surface area contributed by atoms with Gasteiger partial charge in [0.05, 0.1) is 12.6 Å². The van der Waals surface area contributed by atoms with Gasteiger partial charge < -0.3 is 15.8 Å². The van der Waals surface area contributed by atoms with Crippen molar-refractivity contribution in [2.24, 2.45) is 5.73 Å². The number of halogens is 1. The fraction of sp³-hybridized carbons (Fsp3) is 0.417. The lowest BCUT2D eigenvalue weighted by molar-refractivity contribution is -0.116. The molecule has 1 aromatic rings. The van der Waals surface area contributed by atoms with E-state index in [9.17, 15) is 4.79 Å². The second-order valence-electron chi connectivity index (χ2n) is 4.14. The number of aryl methyl sites for hydroxylation is 1. The molecule has 0 saturated heterocycles. The van der Waals surface area contributed by atoms with Crippen LogP contribution in [-0.4, -0.2) is 19.6 Å². The molecule has 4 nitrogen and oxygen atoms in total. The van der Waals surface area contributed by atoms with Gasteiger partial charge in [0.1, 0.15) is 0 Å². The van der Waals surface area contributed by atoms with E-state index >= 15 is 0 Å². The number of hydrogen-bond acceptors (Lipinski definition) is 3. The Hall–Kier alpha value is -0.910. The summed E-state index contributed by atoms with van der Waals surface area (Å²) in [5.74, 6) is 0.0469. The van der Waals surface area contributed by atoms with Crippen LogP contribution in [-0.2, 0) is 16.0 Å². The summed E-state index contributed by atoms with van der Waals surface area (Å²) < 4.78 is 6.04. The number of methoxy groups -OCH3 is 1. The Morgan fingerprint density at radius 1 is 1.53 bits per heavy atom. The minimum absolute atomic E-state index is 0.0469. The maximum atomic E-state index is 11.4. The van der Waals surface area contributed by atoms with Crippen LogP contribution in [0.1, 0.15) is 23.6 Å². The molecule has 1 aliphatic rings. The quantitative estimate of drug-likeness (QED) is 0.897. The molecule has 1 atom stereocenters. The monoisotopic (exact) mass is 298 g/mol. The molecule has 1 aliphatic heterocycles. The molecule has 0 fully saturated rings. The molecule has 92 valence electrons. The van der Waals surface area contributed by atoms with Gasteiger partial charge in [0, 0.05) is 23.7 Å². The lowest BCUT2D eigenvalue weighted by atomic mass is 9.96. The standard InChI is InChI=1S/C12H15BrN2O2/c1-17-6-10(14)9-5-8(13)4-7-2-3-11(16)15-12(7)9/h4-5,10H,2-3,6,14H2,1H3,(H,15,16). The van der Waals surface area contributed by atoms with Gasteiger partial charge in [0.2, 0.25) is 5.91 Å². The van der Waals surface area contributed by atoms with Gasteiger partial charge >= 0.3 is 0 Å². The van der Waals surface area contributed by atoms with E-state index < -0.39 is 0 Å². The number of carbonyl (C=O) groups is 1. The first kappa shape index (κ1) is 12.5. The SMILES string of the molecule is COCC(N)c1cc(Br)cc2c1NC(=O)CC2. The van der Waals surface area contributed by atoms with E-state index in [1.54, 1.807) is 7.11 Å². The second kappa shape index (κ2) is 5.16. The Bertz CT molecular complexity index is 448. The largest absolute Gasteiger partial charge is 0.383 e. The molecule has 17 heavy (non-hydrogen) atoms. The summed E-state index contributed by atoms with van der Waals surface area (Å²) in [6.07, 6.45) is 1.29. The van der Waals surface area contributed by atoms with Crippen molar-refractivity contribution in [1.82, 2.24) is 0 Å². The van der Waals surface area contributed by atoms with Crippen LogP contribution in [0.15, 0.2) is 16.6 Å². The van der Waals surface area contributed by atoms with Crippen molar-refractivity contribution in [3.63, 3.8) is 0 Å². The summed E-state index contributed by atoms with van der Waals surface area (Å²) in [5.41, 5.74) is 8.95. The molecule has 0 bridgehead atoms. The molecule has 5 heteroatoms. The predicted octanol–water partition coefficient (Wildman–Crippen LogP) is 1.98. The maximum absolute atomic E-state index is 11.4. The molecule has 2 rings (SSSR count). The summed E-state index contributed by atoms with van der Waals surface area (Å²) in [5, 5.41) is 2.90. The number of nitrogens with one attached hydrogen (secondary N) is 1. The van der Waals surface area contributed by atoms with Crippen LogP contribution < -0.4 is 11.1 Å². The average Bonchev–Trinajstić information content (AvgIpc) is 2.29. The Labute approximate surface area is 109 Å². The van der Waals surface area contributed by atoms with Gasteiger partial charge in [0.15, 0.2) is 0 Å². The summed E-state index contributed by atoms with van der Waals surface area (Å²) in [7, 11) is 1.61. The molecular formula is C12H15BrN2O2. The third-order valence-corrected chi connectivity index (χ3v) is 3.30. The highest BCUT2D eigenvalue weighted by Gasteiger charge is 2.21. The van der Waals surface area contributed by atoms with Crippen LogP contribution in [0.4, 0.5) is 5.69 Å². The van der Waals surface area contributed by atoms with Crippen LogP contribution in [0.3, 0.4) is 0 Å². The molecule has 1 aromatic carbocycles. The molecular weight excluding hydrogens is 284 g/mol. The van der Waals surface area contributed by atoms with Gasteiger partial charge in [-0.15, -0.1) is 0 Å². The fourth-order valence-electron chi connectivity index (χ4n) is 2.05. The van der Waals surface area contributed by atoms with Crippen molar-refractivity contribution in [3.05, 3.63) is 27.7 Å². The molecule has 0 aliphatic carbocycles. The maximum Gasteiger partial charge on any atom is 0.224 e. The predicted molar refractivity (Wildman–Crippen MR) is 69.9 cm³/mol. The van der Waals surface area contributed by atoms with Crippen molar-refractivity contribution in [1.29, 1.82) is 0 Å². The van der Waals surface area contributed by atoms with Gasteiger partial charge in [-0.1, -0.05) is 15.9 Å². The second-order valence-corrected chi connectivity index (χ2v) is 5.05. The minimum Gasteiger partial charge on any atom is -0.383 e. The summed E-state index contributed by atoms with van der Waals surface area (Å²) >= 11 is 3.47. The zero-order valence-corrected chi connectivity index (χ0v) is 11.2. The summed E-state index contributed by atoms with van der Waals surface area (Å²) in [4.78, 5) is 11.4. The lowest BCUT2D eigenvalue weighted by Gasteiger charge is -2.23. The molecule has 1 unspecified atom stereocenters. The van der Waals surface area contributed by atoms with E-state index in [4.69, 9.17) is 10.5 Å². The van der Waals surface area contributed by atoms with Crippen molar-refractivity contribution < 1.29 is 9.53 Å². The number of ether oxygens (including phenoxy) is 1. The number of rotatable bonds is 3. The van der Waals surface area contributed by atoms with Crippen LogP contribution in [0.5, 0.6) is 0 Å². The lowest BCUT2D eigenvalue weighted by Crippen LogP contribution is -2.24. The Morgan fingerprint density at radius 3 is 3.00 bits per heavy atom. The number of anilines is 1. The summed E-state index contributed by atoms with van der Waals surface area (Å²) in [6, 6.07) is 3.73. The topological polar surface area (TPSA) is 64.3 Å². The summed E-state index contributed by atoms with van der Waals surface area (Å²) in [6.45, 7) is 0.429. The molecule has 1 heterocycles. The van der Waals surface area contributed by atoms with E-state index in [1.807, 2.05) is 12.1 Å². The van der Waals surface area contributed by atoms with Crippen LogP contribution >= 0.6 is 15.9 Å². The number of benzene rings is 1. The highest BCUT2D eigenvalue weighted by molar-refractivity contribution is 9.10. The minimum atomic E-state index is -0.232.